The highest BCUT2D eigenvalue weighted by Gasteiger charge is 2.26. The first-order valence-corrected chi connectivity index (χ1v) is 6.47. The van der Waals surface area contributed by atoms with Gasteiger partial charge in [-0.3, -0.25) is 14.4 Å². The van der Waals surface area contributed by atoms with E-state index < -0.39 is 0 Å². The Morgan fingerprint density at radius 1 is 1.32 bits per heavy atom. The predicted octanol–water partition coefficient (Wildman–Crippen LogP) is 1.27. The van der Waals surface area contributed by atoms with Crippen LogP contribution in [-0.2, 0) is 4.79 Å². The molecule has 5 nitrogen and oxygen atoms in total. The Morgan fingerprint density at radius 2 is 1.95 bits per heavy atom. The maximum Gasteiger partial charge on any atom is 0.259 e. The minimum atomic E-state index is -0.277. The molecule has 0 aromatic carbocycles. The van der Waals surface area contributed by atoms with Gasteiger partial charge in [-0.15, -0.1) is 0 Å². The van der Waals surface area contributed by atoms with Crippen LogP contribution in [0.25, 0.3) is 0 Å². The van der Waals surface area contributed by atoms with Gasteiger partial charge in [0.2, 0.25) is 0 Å². The number of nitrogens with one attached hydrogen (secondary N) is 1. The molecule has 0 bridgehead atoms. The van der Waals surface area contributed by atoms with E-state index in [4.69, 9.17) is 0 Å². The second kappa shape index (κ2) is 5.38. The van der Waals surface area contributed by atoms with Gasteiger partial charge in [-0.2, -0.15) is 0 Å². The van der Waals surface area contributed by atoms with Crippen molar-refractivity contribution < 1.29 is 9.59 Å². The smallest absolute Gasteiger partial charge is 0.259 e. The lowest BCUT2D eigenvalue weighted by atomic mass is 9.93. The number of carbonyl (C=O) groups is 2. The Bertz CT molecular complexity index is 552. The molecule has 1 aliphatic rings. The highest BCUT2D eigenvalue weighted by Crippen LogP contribution is 2.20. The van der Waals surface area contributed by atoms with Gasteiger partial charge in [0.25, 0.3) is 5.91 Å². The molecule has 1 fully saturated rings. The summed E-state index contributed by atoms with van der Waals surface area (Å²) < 4.78 is 0. The number of pyridine rings is 1. The predicted molar refractivity (Wildman–Crippen MR) is 71.2 cm³/mol. The average Bonchev–Trinajstić information content (AvgIpc) is 2.38. The lowest BCUT2D eigenvalue weighted by molar-refractivity contribution is -0.121. The van der Waals surface area contributed by atoms with E-state index in [-0.39, 0.29) is 28.7 Å². The van der Waals surface area contributed by atoms with Gasteiger partial charge in [-0.1, -0.05) is 0 Å². The van der Waals surface area contributed by atoms with E-state index in [2.05, 4.69) is 4.98 Å². The Morgan fingerprint density at radius 3 is 2.53 bits per heavy atom. The van der Waals surface area contributed by atoms with Gasteiger partial charge in [-0.25, -0.2) is 0 Å². The Kier molecular flexibility index (Phi) is 3.83. The molecule has 0 atom stereocenters. The first-order valence-electron chi connectivity index (χ1n) is 6.47. The summed E-state index contributed by atoms with van der Waals surface area (Å²) in [4.78, 5) is 39.8. The maximum absolute atomic E-state index is 12.3. The second-order valence-corrected chi connectivity index (χ2v) is 5.08. The van der Waals surface area contributed by atoms with E-state index in [1.807, 2.05) is 0 Å². The van der Waals surface area contributed by atoms with Gasteiger partial charge in [0.05, 0.1) is 0 Å². The normalized spacial score (nSPS) is 16.4. The average molecular weight is 262 g/mol. The van der Waals surface area contributed by atoms with Crippen molar-refractivity contribution in [2.24, 2.45) is 0 Å². The largest absolute Gasteiger partial charge is 0.364 e. The summed E-state index contributed by atoms with van der Waals surface area (Å²) >= 11 is 0. The number of Topliss-reactive ketones (excluding diaryl/α,β-unsaturated/α-hetero) is 1. The van der Waals surface area contributed by atoms with E-state index in [1.54, 1.807) is 18.9 Å². The van der Waals surface area contributed by atoms with E-state index in [0.717, 1.165) is 5.69 Å². The van der Waals surface area contributed by atoms with E-state index in [1.165, 1.54) is 12.3 Å². The van der Waals surface area contributed by atoms with E-state index >= 15 is 0 Å². The number of aryl methyl sites for hydroxylation is 1. The molecule has 102 valence electrons. The number of nitrogens with zero attached hydrogens (tertiary/aromatic N) is 1. The Balaban J connectivity index is 2.14. The molecule has 1 aromatic heterocycles. The van der Waals surface area contributed by atoms with Gasteiger partial charge in [0, 0.05) is 43.9 Å². The fourth-order valence-corrected chi connectivity index (χ4v) is 2.41. The lowest BCUT2D eigenvalue weighted by Gasteiger charge is -2.30. The van der Waals surface area contributed by atoms with Crippen LogP contribution in [0.1, 0.15) is 41.7 Å². The van der Waals surface area contributed by atoms with Crippen molar-refractivity contribution in [3.05, 3.63) is 33.7 Å². The number of aromatic nitrogens is 1. The second-order valence-electron chi connectivity index (χ2n) is 5.08. The number of hydrogen-bond donors (Lipinski definition) is 1. The zero-order valence-corrected chi connectivity index (χ0v) is 11.2. The van der Waals surface area contributed by atoms with Gasteiger partial charge in [-0.05, 0) is 19.8 Å². The van der Waals surface area contributed by atoms with Crippen molar-refractivity contribution in [1.82, 2.24) is 9.88 Å². The highest BCUT2D eigenvalue weighted by molar-refractivity contribution is 5.94. The molecule has 1 N–H and O–H groups in total. The molecule has 5 heteroatoms. The molecule has 0 spiro atoms. The van der Waals surface area contributed by atoms with Crippen LogP contribution in [0, 0.1) is 6.92 Å². The molecular weight excluding hydrogens is 244 g/mol. The quantitative estimate of drug-likeness (QED) is 0.872. The lowest BCUT2D eigenvalue weighted by Crippen LogP contribution is -2.41. The zero-order chi connectivity index (χ0) is 14.0. The molecule has 1 aromatic rings. The van der Waals surface area contributed by atoms with Crippen LogP contribution < -0.4 is 5.43 Å². The van der Waals surface area contributed by atoms with Crippen molar-refractivity contribution in [3.63, 3.8) is 0 Å². The third-order valence-electron chi connectivity index (χ3n) is 3.67. The minimum absolute atomic E-state index is 0.0471. The van der Waals surface area contributed by atoms with Crippen LogP contribution in [-0.4, -0.2) is 34.7 Å². The molecule has 19 heavy (non-hydrogen) atoms. The van der Waals surface area contributed by atoms with Crippen LogP contribution in [0.15, 0.2) is 17.1 Å². The summed E-state index contributed by atoms with van der Waals surface area (Å²) in [5.41, 5.74) is 0.623. The van der Waals surface area contributed by atoms with Gasteiger partial charge < -0.3 is 9.88 Å². The minimum Gasteiger partial charge on any atom is -0.364 e. The van der Waals surface area contributed by atoms with Gasteiger partial charge in [0.1, 0.15) is 11.3 Å². The number of aromatic amines is 1. The fourth-order valence-electron chi connectivity index (χ4n) is 2.41. The first-order chi connectivity index (χ1) is 8.99. The summed E-state index contributed by atoms with van der Waals surface area (Å²) in [6, 6.07) is 1.47. The van der Waals surface area contributed by atoms with Crippen LogP contribution in [0.5, 0.6) is 0 Å². The fraction of sp³-hybridized carbons (Fsp3) is 0.500. The topological polar surface area (TPSA) is 70.2 Å². The molecule has 2 rings (SSSR count). The molecule has 1 amide bonds. The third-order valence-corrected chi connectivity index (χ3v) is 3.67. The summed E-state index contributed by atoms with van der Waals surface area (Å²) in [5, 5.41) is 0. The Hall–Kier alpha value is -1.91. The van der Waals surface area contributed by atoms with Crippen molar-refractivity contribution in [1.29, 1.82) is 0 Å². The number of rotatable bonds is 2. The van der Waals surface area contributed by atoms with Crippen molar-refractivity contribution in [2.45, 2.75) is 38.6 Å². The summed E-state index contributed by atoms with van der Waals surface area (Å²) in [7, 11) is 1.70. The summed E-state index contributed by atoms with van der Waals surface area (Å²) in [5.74, 6) is -0.0223. The van der Waals surface area contributed by atoms with E-state index in [9.17, 15) is 14.4 Å². The highest BCUT2D eigenvalue weighted by atomic mass is 16.2. The molecule has 1 heterocycles. The van der Waals surface area contributed by atoms with Crippen LogP contribution in [0.2, 0.25) is 0 Å². The SMILES string of the molecule is Cc1cc(=O)c(C(=O)N(C)C2CCC(=O)CC2)c[nH]1. The molecular formula is C14H18N2O3. The monoisotopic (exact) mass is 262 g/mol. The number of carbonyl (C=O) groups excluding carboxylic acids is 2. The number of ketones is 1. The van der Waals surface area contributed by atoms with E-state index in [0.29, 0.717) is 25.7 Å². The zero-order valence-electron chi connectivity index (χ0n) is 11.2. The Labute approximate surface area is 111 Å². The van der Waals surface area contributed by atoms with Gasteiger partial charge >= 0.3 is 0 Å². The molecule has 0 unspecified atom stereocenters. The van der Waals surface area contributed by atoms with Crippen LogP contribution in [0.4, 0.5) is 0 Å². The molecule has 1 aliphatic carbocycles. The molecule has 0 radical (unpaired) electrons. The van der Waals surface area contributed by atoms with Crippen molar-refractivity contribution in [3.8, 4) is 0 Å². The summed E-state index contributed by atoms with van der Waals surface area (Å²) in [6.07, 6.45) is 3.87. The number of amides is 1. The maximum atomic E-state index is 12.3. The van der Waals surface area contributed by atoms with Crippen molar-refractivity contribution >= 4 is 11.7 Å². The van der Waals surface area contributed by atoms with Gasteiger partial charge in [0.15, 0.2) is 5.43 Å². The number of hydrogen-bond acceptors (Lipinski definition) is 3. The number of H-pyrrole nitrogens is 1. The first kappa shape index (κ1) is 13.5. The third kappa shape index (κ3) is 2.92. The molecule has 1 saturated carbocycles. The molecule has 0 saturated heterocycles. The van der Waals surface area contributed by atoms with Crippen LogP contribution >= 0.6 is 0 Å². The summed E-state index contributed by atoms with van der Waals surface area (Å²) in [6.45, 7) is 1.77. The molecule has 0 aliphatic heterocycles. The standard InChI is InChI=1S/C14H18N2O3/c1-9-7-13(18)12(8-15-9)14(19)16(2)10-3-5-11(17)6-4-10/h7-8,10H,3-6H2,1-2H3,(H,15,18). The van der Waals surface area contributed by atoms with Crippen LogP contribution in [0.3, 0.4) is 0 Å². The van der Waals surface area contributed by atoms with Crippen molar-refractivity contribution in [2.75, 3.05) is 7.05 Å².